The molecule has 1 aliphatic carbocycles. The number of carbonyl (C=O) groups is 1. The monoisotopic (exact) mass is 308 g/mol. The second-order valence-electron chi connectivity index (χ2n) is 5.97. The van der Waals surface area contributed by atoms with Gasteiger partial charge in [-0.2, -0.15) is 0 Å². The summed E-state index contributed by atoms with van der Waals surface area (Å²) in [7, 11) is -3.18. The molecule has 2 aliphatic heterocycles. The molecule has 7 nitrogen and oxygen atoms in total. The van der Waals surface area contributed by atoms with Gasteiger partial charge in [-0.15, -0.1) is 0 Å². The Kier molecular flexibility index (Phi) is 2.80. The Labute approximate surface area is 123 Å². The Morgan fingerprint density at radius 1 is 1.10 bits per heavy atom. The highest BCUT2D eigenvalue weighted by molar-refractivity contribution is 7.90. The van der Waals surface area contributed by atoms with Gasteiger partial charge in [-0.1, -0.05) is 0 Å². The Bertz CT molecular complexity index is 674. The zero-order valence-electron chi connectivity index (χ0n) is 11.4. The van der Waals surface area contributed by atoms with Gasteiger partial charge < -0.3 is 4.90 Å². The molecule has 3 aliphatic rings. The number of amides is 1. The molecule has 3 fully saturated rings. The fourth-order valence-electron chi connectivity index (χ4n) is 3.27. The molecule has 0 bridgehead atoms. The minimum absolute atomic E-state index is 0.0108. The highest BCUT2D eigenvalue weighted by atomic mass is 32.2. The van der Waals surface area contributed by atoms with Crippen LogP contribution in [0.3, 0.4) is 0 Å². The van der Waals surface area contributed by atoms with Crippen LogP contribution in [0.15, 0.2) is 18.7 Å². The summed E-state index contributed by atoms with van der Waals surface area (Å²) in [4.78, 5) is 22.0. The van der Waals surface area contributed by atoms with Gasteiger partial charge in [0, 0.05) is 25.6 Å². The van der Waals surface area contributed by atoms with Crippen molar-refractivity contribution < 1.29 is 13.2 Å². The minimum atomic E-state index is -3.18. The zero-order valence-corrected chi connectivity index (χ0v) is 12.2. The van der Waals surface area contributed by atoms with Gasteiger partial charge in [-0.05, 0) is 12.8 Å². The van der Waals surface area contributed by atoms with Crippen LogP contribution in [0.2, 0.25) is 0 Å². The third-order valence-corrected chi connectivity index (χ3v) is 6.90. The second kappa shape index (κ2) is 4.48. The molecule has 2 saturated heterocycles. The normalized spacial score (nSPS) is 29.9. The summed E-state index contributed by atoms with van der Waals surface area (Å²) in [5.74, 6) is -0.159. The number of sulfonamides is 1. The van der Waals surface area contributed by atoms with Crippen molar-refractivity contribution in [1.82, 2.24) is 14.3 Å². The molecule has 1 amide bonds. The summed E-state index contributed by atoms with van der Waals surface area (Å²) in [5, 5.41) is -0.204. The van der Waals surface area contributed by atoms with Crippen molar-refractivity contribution in [2.45, 2.75) is 18.1 Å². The first-order valence-electron chi connectivity index (χ1n) is 7.13. The molecular weight excluding hydrogens is 292 g/mol. The van der Waals surface area contributed by atoms with Gasteiger partial charge in [0.2, 0.25) is 15.9 Å². The number of hydrogen-bond acceptors (Lipinski definition) is 5. The van der Waals surface area contributed by atoms with Crippen molar-refractivity contribution in [2.75, 3.05) is 24.5 Å². The van der Waals surface area contributed by atoms with E-state index in [4.69, 9.17) is 0 Å². The molecule has 2 atom stereocenters. The number of aromatic nitrogens is 2. The molecule has 112 valence electrons. The second-order valence-corrected chi connectivity index (χ2v) is 8.19. The Morgan fingerprint density at radius 2 is 1.81 bits per heavy atom. The zero-order chi connectivity index (χ0) is 14.6. The standard InChI is InChI=1S/C13H16N4O3S/c18-13-12-7-16(21(19,20)11-1-2-11)5-9(12)6-17(13)10-3-14-8-15-4-10/h3-4,8-9,11-12H,1-2,5-7H2/t9-,12-/m0/s1. The molecule has 0 aromatic carbocycles. The Balaban J connectivity index is 1.53. The van der Waals surface area contributed by atoms with Crippen molar-refractivity contribution in [3.05, 3.63) is 18.7 Å². The third-order valence-electron chi connectivity index (χ3n) is 4.57. The quantitative estimate of drug-likeness (QED) is 0.776. The summed E-state index contributed by atoms with van der Waals surface area (Å²) in [6.45, 7) is 1.33. The van der Waals surface area contributed by atoms with Gasteiger partial charge in [-0.3, -0.25) is 4.79 Å². The van der Waals surface area contributed by atoms with Crippen molar-refractivity contribution in [3.8, 4) is 0 Å². The van der Waals surface area contributed by atoms with Gasteiger partial charge in [-0.25, -0.2) is 22.7 Å². The maximum atomic E-state index is 12.5. The first kappa shape index (κ1) is 13.1. The summed E-state index contributed by atoms with van der Waals surface area (Å²) >= 11 is 0. The van der Waals surface area contributed by atoms with E-state index in [1.807, 2.05) is 0 Å². The van der Waals surface area contributed by atoms with Crippen molar-refractivity contribution in [2.24, 2.45) is 11.8 Å². The summed E-state index contributed by atoms with van der Waals surface area (Å²) < 4.78 is 26.1. The van der Waals surface area contributed by atoms with Crippen LogP contribution < -0.4 is 4.90 Å². The topological polar surface area (TPSA) is 83.5 Å². The van der Waals surface area contributed by atoms with Crippen LogP contribution in [0.1, 0.15) is 12.8 Å². The molecule has 1 saturated carbocycles. The molecule has 1 aromatic rings. The van der Waals surface area contributed by atoms with E-state index in [0.717, 1.165) is 12.8 Å². The summed E-state index contributed by atoms with van der Waals surface area (Å²) in [6, 6.07) is 0. The van der Waals surface area contributed by atoms with Crippen molar-refractivity contribution in [3.63, 3.8) is 0 Å². The van der Waals surface area contributed by atoms with E-state index in [2.05, 4.69) is 9.97 Å². The number of anilines is 1. The highest BCUT2D eigenvalue weighted by Gasteiger charge is 2.52. The molecule has 8 heteroatoms. The lowest BCUT2D eigenvalue weighted by atomic mass is 10.0. The van der Waals surface area contributed by atoms with Crippen molar-refractivity contribution in [1.29, 1.82) is 0 Å². The van der Waals surface area contributed by atoms with Crippen LogP contribution in [0.5, 0.6) is 0 Å². The van der Waals surface area contributed by atoms with Gasteiger partial charge in [0.25, 0.3) is 0 Å². The number of nitrogens with zero attached hydrogens (tertiary/aromatic N) is 4. The smallest absolute Gasteiger partial charge is 0.231 e. The number of fused-ring (bicyclic) bond motifs is 1. The molecule has 0 unspecified atom stereocenters. The van der Waals surface area contributed by atoms with E-state index < -0.39 is 10.0 Å². The molecule has 0 spiro atoms. The van der Waals surface area contributed by atoms with E-state index >= 15 is 0 Å². The molecule has 0 N–H and O–H groups in total. The van der Waals surface area contributed by atoms with Crippen LogP contribution in [-0.2, 0) is 14.8 Å². The maximum absolute atomic E-state index is 12.5. The lowest BCUT2D eigenvalue weighted by Gasteiger charge is -2.21. The minimum Gasteiger partial charge on any atom is -0.309 e. The van der Waals surface area contributed by atoms with Gasteiger partial charge in [0.15, 0.2) is 0 Å². The van der Waals surface area contributed by atoms with Crippen LogP contribution in [0.4, 0.5) is 5.69 Å². The van der Waals surface area contributed by atoms with E-state index in [-0.39, 0.29) is 23.0 Å². The van der Waals surface area contributed by atoms with E-state index in [1.54, 1.807) is 17.3 Å². The van der Waals surface area contributed by atoms with Crippen LogP contribution in [0.25, 0.3) is 0 Å². The maximum Gasteiger partial charge on any atom is 0.231 e. The van der Waals surface area contributed by atoms with E-state index in [0.29, 0.717) is 25.3 Å². The molecule has 21 heavy (non-hydrogen) atoms. The molecule has 1 aromatic heterocycles. The third kappa shape index (κ3) is 2.04. The first-order chi connectivity index (χ1) is 10.1. The average Bonchev–Trinajstić information content (AvgIpc) is 3.19. The lowest BCUT2D eigenvalue weighted by Crippen LogP contribution is -2.37. The molecule has 0 radical (unpaired) electrons. The average molecular weight is 308 g/mol. The first-order valence-corrected chi connectivity index (χ1v) is 8.63. The van der Waals surface area contributed by atoms with Gasteiger partial charge in [0.1, 0.15) is 6.33 Å². The fourth-order valence-corrected chi connectivity index (χ4v) is 5.19. The van der Waals surface area contributed by atoms with Gasteiger partial charge in [0.05, 0.1) is 29.2 Å². The number of carbonyl (C=O) groups excluding carboxylic acids is 1. The lowest BCUT2D eigenvalue weighted by molar-refractivity contribution is -0.120. The molecular formula is C13H16N4O3S. The largest absolute Gasteiger partial charge is 0.309 e. The number of hydrogen-bond donors (Lipinski definition) is 0. The van der Waals surface area contributed by atoms with Crippen LogP contribution in [0, 0.1) is 11.8 Å². The predicted molar refractivity (Wildman–Crippen MR) is 74.9 cm³/mol. The van der Waals surface area contributed by atoms with E-state index in [1.165, 1.54) is 10.6 Å². The van der Waals surface area contributed by atoms with E-state index in [9.17, 15) is 13.2 Å². The number of rotatable bonds is 3. The highest BCUT2D eigenvalue weighted by Crippen LogP contribution is 2.39. The van der Waals surface area contributed by atoms with Gasteiger partial charge >= 0.3 is 0 Å². The Hall–Kier alpha value is -1.54. The molecule has 3 heterocycles. The molecule has 4 rings (SSSR count). The SMILES string of the molecule is O=C1[C@H]2CN(S(=O)(=O)C3CC3)C[C@H]2CN1c1cncnc1. The van der Waals surface area contributed by atoms with Crippen LogP contribution >= 0.6 is 0 Å². The predicted octanol–water partition coefficient (Wildman–Crippen LogP) is -0.137. The van der Waals surface area contributed by atoms with Crippen LogP contribution in [-0.4, -0.2) is 53.5 Å². The fraction of sp³-hybridized carbons (Fsp3) is 0.615. The van der Waals surface area contributed by atoms with Crippen molar-refractivity contribution >= 4 is 21.6 Å². The summed E-state index contributed by atoms with van der Waals surface area (Å²) in [6.07, 6.45) is 6.18. The Morgan fingerprint density at radius 3 is 2.43 bits per heavy atom. The summed E-state index contributed by atoms with van der Waals surface area (Å²) in [5.41, 5.74) is 0.688.